The molecule has 1 unspecified atom stereocenters. The Balaban J connectivity index is 1.15. The van der Waals surface area contributed by atoms with E-state index in [-0.39, 0.29) is 23.6 Å². The second kappa shape index (κ2) is 16.4. The zero-order valence-electron chi connectivity index (χ0n) is 27.7. The maximum absolute atomic E-state index is 13.8. The predicted octanol–water partition coefficient (Wildman–Crippen LogP) is 3.79. The summed E-state index contributed by atoms with van der Waals surface area (Å²) in [6, 6.07) is 21.8. The molecule has 1 atom stereocenters. The van der Waals surface area contributed by atoms with Crippen molar-refractivity contribution in [2.75, 3.05) is 38.0 Å². The molecule has 0 spiro atoms. The first-order chi connectivity index (χ1) is 23.9. The number of amides is 3. The maximum Gasteiger partial charge on any atom is 0.251 e. The molecule has 1 saturated carbocycles. The molecule has 1 aliphatic carbocycles. The first kappa shape index (κ1) is 33.9. The molecular formula is C37H45N9O3. The van der Waals surface area contributed by atoms with Gasteiger partial charge in [0.05, 0.1) is 0 Å². The molecule has 12 heteroatoms. The van der Waals surface area contributed by atoms with E-state index in [0.717, 1.165) is 67.6 Å². The summed E-state index contributed by atoms with van der Waals surface area (Å²) >= 11 is 0. The third-order valence-electron chi connectivity index (χ3n) is 9.68. The fourth-order valence-corrected chi connectivity index (χ4v) is 6.76. The highest BCUT2D eigenvalue weighted by Gasteiger charge is 2.29. The van der Waals surface area contributed by atoms with E-state index in [1.165, 1.54) is 12.8 Å². The number of benzene rings is 3. The molecule has 2 heterocycles. The number of aromatic nitrogens is 4. The molecule has 6 N–H and O–H groups in total. The molecule has 4 aromatic rings. The summed E-state index contributed by atoms with van der Waals surface area (Å²) in [6.45, 7) is 4.30. The molecule has 6 rings (SSSR count). The second-order valence-corrected chi connectivity index (χ2v) is 13.1. The lowest BCUT2D eigenvalue weighted by molar-refractivity contribution is -0.130. The number of carbonyl (C=O) groups excluding carboxylic acids is 3. The zero-order valence-corrected chi connectivity index (χ0v) is 27.7. The van der Waals surface area contributed by atoms with Crippen LogP contribution in [0.1, 0.15) is 54.4 Å². The molecule has 0 radical (unpaired) electrons. The van der Waals surface area contributed by atoms with Crippen molar-refractivity contribution < 1.29 is 14.4 Å². The highest BCUT2D eigenvalue weighted by Crippen LogP contribution is 2.29. The minimum absolute atomic E-state index is 0.0949. The van der Waals surface area contributed by atoms with Crippen LogP contribution in [0.5, 0.6) is 0 Å². The Morgan fingerprint density at radius 1 is 0.898 bits per heavy atom. The smallest absolute Gasteiger partial charge is 0.251 e. The van der Waals surface area contributed by atoms with E-state index in [9.17, 15) is 14.4 Å². The maximum atomic E-state index is 13.8. The monoisotopic (exact) mass is 663 g/mol. The summed E-state index contributed by atoms with van der Waals surface area (Å²) < 4.78 is 0. The van der Waals surface area contributed by atoms with Gasteiger partial charge in [-0.3, -0.25) is 14.4 Å². The number of likely N-dealkylation sites (tertiary alicyclic amines) is 1. The number of nitrogens with one attached hydrogen (secondary N) is 4. The van der Waals surface area contributed by atoms with Gasteiger partial charge in [0.15, 0.2) is 0 Å². The van der Waals surface area contributed by atoms with E-state index in [0.29, 0.717) is 42.5 Å². The zero-order chi connectivity index (χ0) is 34.0. The standard InChI is InChI=1S/C37H45N9O3/c38-24-25-9-11-28(12-10-25)36(48)41-33(37(49)40-32-15-13-27(14-16-32)34-42-44-45-43-34)22-26-5-3-6-29(21-26)30-7-4-8-31(23-30)35(47)39-17-20-46-18-1-2-19-46/h3-8,13-16,21,23,25,28,33H,1-2,9-12,17-20,22,24,38H2,(H,39,47)(H,40,49)(H,41,48)(H,42,43,44,45). The number of nitrogens with zero attached hydrogens (tertiary/aromatic N) is 4. The Morgan fingerprint density at radius 2 is 1.63 bits per heavy atom. The number of H-pyrrole nitrogens is 1. The number of anilines is 1. The summed E-state index contributed by atoms with van der Waals surface area (Å²) in [7, 11) is 0. The Kier molecular flexibility index (Phi) is 11.4. The van der Waals surface area contributed by atoms with Gasteiger partial charge in [0.2, 0.25) is 17.6 Å². The van der Waals surface area contributed by atoms with Gasteiger partial charge in [-0.15, -0.1) is 10.2 Å². The van der Waals surface area contributed by atoms with Crippen molar-refractivity contribution in [3.8, 4) is 22.5 Å². The van der Waals surface area contributed by atoms with Gasteiger partial charge in [-0.05, 0) is 122 Å². The fraction of sp³-hybridized carbons (Fsp3) is 0.405. The SMILES string of the molecule is NCC1CCC(C(=O)NC(Cc2cccc(-c3cccc(C(=O)NCCN4CCCC4)c3)c2)C(=O)Nc2ccc(-c3nn[nH]n3)cc2)CC1. The van der Waals surface area contributed by atoms with Crippen LogP contribution in [0.3, 0.4) is 0 Å². The molecule has 49 heavy (non-hydrogen) atoms. The first-order valence-corrected chi connectivity index (χ1v) is 17.3. The minimum atomic E-state index is -0.806. The molecule has 12 nitrogen and oxygen atoms in total. The highest BCUT2D eigenvalue weighted by molar-refractivity contribution is 5.98. The molecule has 3 aromatic carbocycles. The van der Waals surface area contributed by atoms with E-state index < -0.39 is 6.04 Å². The number of hydrogen-bond donors (Lipinski definition) is 5. The highest BCUT2D eigenvalue weighted by atomic mass is 16.2. The van der Waals surface area contributed by atoms with Crippen molar-refractivity contribution in [1.29, 1.82) is 0 Å². The quantitative estimate of drug-likeness (QED) is 0.144. The Morgan fingerprint density at radius 3 is 2.35 bits per heavy atom. The van der Waals surface area contributed by atoms with Crippen LogP contribution >= 0.6 is 0 Å². The Labute approximate surface area is 286 Å². The fourth-order valence-electron chi connectivity index (χ4n) is 6.76. The van der Waals surface area contributed by atoms with Crippen molar-refractivity contribution in [1.82, 2.24) is 36.2 Å². The summed E-state index contributed by atoms with van der Waals surface area (Å²) in [5.74, 6) is 0.235. The molecule has 2 aliphatic rings. The van der Waals surface area contributed by atoms with Gasteiger partial charge >= 0.3 is 0 Å². The molecule has 0 bridgehead atoms. The van der Waals surface area contributed by atoms with Gasteiger partial charge in [0, 0.05) is 42.2 Å². The lowest BCUT2D eigenvalue weighted by Crippen LogP contribution is -2.48. The lowest BCUT2D eigenvalue weighted by Gasteiger charge is -2.28. The van der Waals surface area contributed by atoms with Gasteiger partial charge in [-0.1, -0.05) is 36.4 Å². The molecule has 1 saturated heterocycles. The molecule has 2 fully saturated rings. The Bertz CT molecular complexity index is 1700. The van der Waals surface area contributed by atoms with Gasteiger partial charge in [-0.2, -0.15) is 5.21 Å². The van der Waals surface area contributed by atoms with E-state index in [1.807, 2.05) is 48.5 Å². The van der Waals surface area contributed by atoms with E-state index in [2.05, 4.69) is 41.5 Å². The van der Waals surface area contributed by atoms with Crippen LogP contribution in [0.4, 0.5) is 5.69 Å². The van der Waals surface area contributed by atoms with E-state index in [4.69, 9.17) is 5.73 Å². The molecule has 3 amide bonds. The number of hydrogen-bond acceptors (Lipinski definition) is 8. The van der Waals surface area contributed by atoms with Crippen LogP contribution in [0.15, 0.2) is 72.8 Å². The van der Waals surface area contributed by atoms with Crippen LogP contribution in [-0.4, -0.2) is 82.0 Å². The van der Waals surface area contributed by atoms with Crippen LogP contribution in [0, 0.1) is 11.8 Å². The average molecular weight is 664 g/mol. The predicted molar refractivity (Wildman–Crippen MR) is 188 cm³/mol. The normalized spacial score (nSPS) is 18.5. The van der Waals surface area contributed by atoms with Crippen molar-refractivity contribution in [2.45, 2.75) is 51.0 Å². The van der Waals surface area contributed by atoms with Crippen molar-refractivity contribution in [3.63, 3.8) is 0 Å². The van der Waals surface area contributed by atoms with Gasteiger partial charge < -0.3 is 26.6 Å². The first-order valence-electron chi connectivity index (χ1n) is 17.3. The second-order valence-electron chi connectivity index (χ2n) is 13.1. The van der Waals surface area contributed by atoms with Crippen molar-refractivity contribution in [3.05, 3.63) is 83.9 Å². The Hall–Kier alpha value is -4.94. The molecule has 1 aliphatic heterocycles. The van der Waals surface area contributed by atoms with Crippen LogP contribution in [0.25, 0.3) is 22.5 Å². The summed E-state index contributed by atoms with van der Waals surface area (Å²) in [6.07, 6.45) is 6.09. The summed E-state index contributed by atoms with van der Waals surface area (Å²) in [5.41, 5.74) is 10.5. The van der Waals surface area contributed by atoms with Crippen molar-refractivity contribution >= 4 is 23.4 Å². The number of carbonyl (C=O) groups is 3. The molecule has 1 aromatic heterocycles. The summed E-state index contributed by atoms with van der Waals surface area (Å²) in [5, 5.41) is 23.1. The number of rotatable bonds is 13. The number of nitrogens with two attached hydrogens (primary N) is 1. The van der Waals surface area contributed by atoms with Crippen molar-refractivity contribution in [2.24, 2.45) is 17.6 Å². The third kappa shape index (κ3) is 9.15. The lowest BCUT2D eigenvalue weighted by atomic mass is 9.81. The van der Waals surface area contributed by atoms with Gasteiger partial charge in [0.25, 0.3) is 5.91 Å². The minimum Gasteiger partial charge on any atom is -0.351 e. The number of tetrazole rings is 1. The average Bonchev–Trinajstić information content (AvgIpc) is 3.88. The topological polar surface area (TPSA) is 171 Å². The van der Waals surface area contributed by atoms with Gasteiger partial charge in [-0.25, -0.2) is 0 Å². The van der Waals surface area contributed by atoms with Crippen LogP contribution in [-0.2, 0) is 16.0 Å². The van der Waals surface area contributed by atoms with E-state index >= 15 is 0 Å². The number of aromatic amines is 1. The third-order valence-corrected chi connectivity index (χ3v) is 9.68. The van der Waals surface area contributed by atoms with Crippen LogP contribution in [0.2, 0.25) is 0 Å². The van der Waals surface area contributed by atoms with Gasteiger partial charge in [0.1, 0.15) is 6.04 Å². The summed E-state index contributed by atoms with van der Waals surface area (Å²) in [4.78, 5) is 42.6. The largest absolute Gasteiger partial charge is 0.351 e. The molecule has 256 valence electrons. The van der Waals surface area contributed by atoms with E-state index in [1.54, 1.807) is 24.3 Å². The molecular weight excluding hydrogens is 618 g/mol. The van der Waals surface area contributed by atoms with Crippen LogP contribution < -0.4 is 21.7 Å².